The first-order valence-corrected chi connectivity index (χ1v) is 10.7. The molecule has 2 heterocycles. The maximum Gasteiger partial charge on any atom is 0.285 e. The lowest BCUT2D eigenvalue weighted by molar-refractivity contribution is -0.127. The molecule has 0 atom stereocenters. The molecule has 6 nitrogen and oxygen atoms in total. The Morgan fingerprint density at radius 1 is 1.04 bits per heavy atom. The summed E-state index contributed by atoms with van der Waals surface area (Å²) in [5.74, 6) is 0.387. The number of hydrogen-bond acceptors (Lipinski definition) is 4. The predicted molar refractivity (Wildman–Crippen MR) is 109 cm³/mol. The minimum Gasteiger partial charge on any atom is -0.352 e. The number of hydrogen-bond donors (Lipinski definition) is 0. The Kier molecular flexibility index (Phi) is 4.95. The molecule has 0 radical (unpaired) electrons. The monoisotopic (exact) mass is 415 g/mol. The molecule has 0 N–H and O–H groups in total. The average molecular weight is 416 g/mol. The molecule has 1 fully saturated rings. The van der Waals surface area contributed by atoms with Crippen LogP contribution in [0.2, 0.25) is 5.02 Å². The molecule has 1 saturated heterocycles. The first-order valence-electron chi connectivity index (χ1n) is 8.86. The van der Waals surface area contributed by atoms with E-state index in [1.165, 1.54) is 6.08 Å². The van der Waals surface area contributed by atoms with Gasteiger partial charge in [0.15, 0.2) is 5.84 Å². The average Bonchev–Trinajstić information content (AvgIpc) is 2.98. The molecule has 2 aliphatic rings. The van der Waals surface area contributed by atoms with E-state index < -0.39 is 10.0 Å². The van der Waals surface area contributed by atoms with Crippen LogP contribution in [-0.2, 0) is 14.8 Å². The molecule has 2 aromatic rings. The zero-order valence-electron chi connectivity index (χ0n) is 15.0. The number of fused-ring (bicyclic) bond motifs is 1. The zero-order valence-corrected chi connectivity index (χ0v) is 16.5. The van der Waals surface area contributed by atoms with Crippen LogP contribution >= 0.6 is 11.6 Å². The zero-order chi connectivity index (χ0) is 19.7. The molecule has 28 heavy (non-hydrogen) atoms. The van der Waals surface area contributed by atoms with Gasteiger partial charge in [0.1, 0.15) is 4.90 Å². The Morgan fingerprint density at radius 3 is 2.54 bits per heavy atom. The summed E-state index contributed by atoms with van der Waals surface area (Å²) >= 11 is 5.95. The van der Waals surface area contributed by atoms with E-state index in [-0.39, 0.29) is 10.8 Å². The summed E-state index contributed by atoms with van der Waals surface area (Å²) in [6, 6.07) is 14.1. The first-order chi connectivity index (χ1) is 13.4. The fraction of sp³-hybridized carbons (Fsp3) is 0.200. The highest BCUT2D eigenvalue weighted by Gasteiger charge is 2.33. The van der Waals surface area contributed by atoms with Gasteiger partial charge in [-0.1, -0.05) is 35.9 Å². The van der Waals surface area contributed by atoms with Crippen molar-refractivity contribution in [2.75, 3.05) is 26.2 Å². The Morgan fingerprint density at radius 2 is 1.79 bits per heavy atom. The molecule has 0 bridgehead atoms. The molecule has 0 aliphatic carbocycles. The molecule has 0 spiro atoms. The van der Waals surface area contributed by atoms with E-state index >= 15 is 0 Å². The molecule has 2 aromatic carbocycles. The highest BCUT2D eigenvalue weighted by atomic mass is 35.5. The SMILES string of the molecule is O=C(/C=C/c1cccc(Cl)c1)N1CCN(C2=NS(=O)(=O)c3ccccc32)CC1. The van der Waals surface area contributed by atoms with Crippen molar-refractivity contribution < 1.29 is 13.2 Å². The summed E-state index contributed by atoms with van der Waals surface area (Å²) in [5, 5.41) is 0.621. The van der Waals surface area contributed by atoms with Gasteiger partial charge < -0.3 is 9.80 Å². The van der Waals surface area contributed by atoms with Crippen LogP contribution in [0.25, 0.3) is 6.08 Å². The normalized spacial score (nSPS) is 18.2. The molecule has 1 amide bonds. The van der Waals surface area contributed by atoms with Crippen LogP contribution in [0.15, 0.2) is 63.9 Å². The van der Waals surface area contributed by atoms with Crippen molar-refractivity contribution in [3.05, 3.63) is 70.8 Å². The molecular weight excluding hydrogens is 398 g/mol. The highest BCUT2D eigenvalue weighted by Crippen LogP contribution is 2.27. The minimum absolute atomic E-state index is 0.0824. The van der Waals surface area contributed by atoms with Gasteiger partial charge in [-0.05, 0) is 35.9 Å². The number of piperazine rings is 1. The van der Waals surface area contributed by atoms with Gasteiger partial charge in [0.05, 0.1) is 0 Å². The number of amides is 1. The van der Waals surface area contributed by atoms with E-state index in [2.05, 4.69) is 4.40 Å². The van der Waals surface area contributed by atoms with Gasteiger partial charge in [0, 0.05) is 42.8 Å². The van der Waals surface area contributed by atoms with Gasteiger partial charge in [-0.2, -0.15) is 8.42 Å². The van der Waals surface area contributed by atoms with Crippen molar-refractivity contribution in [3.63, 3.8) is 0 Å². The van der Waals surface area contributed by atoms with Gasteiger partial charge >= 0.3 is 0 Å². The van der Waals surface area contributed by atoms with Crippen LogP contribution in [0.1, 0.15) is 11.1 Å². The van der Waals surface area contributed by atoms with Crippen LogP contribution in [0.4, 0.5) is 0 Å². The fourth-order valence-corrected chi connectivity index (χ4v) is 4.76. The molecule has 4 rings (SSSR count). The quantitative estimate of drug-likeness (QED) is 0.707. The Bertz CT molecular complexity index is 1090. The third-order valence-corrected chi connectivity index (χ3v) is 6.33. The summed E-state index contributed by atoms with van der Waals surface area (Å²) in [6.07, 6.45) is 3.28. The fourth-order valence-electron chi connectivity index (χ4n) is 3.34. The van der Waals surface area contributed by atoms with E-state index in [0.717, 1.165) is 5.56 Å². The van der Waals surface area contributed by atoms with Gasteiger partial charge in [-0.25, -0.2) is 0 Å². The summed E-state index contributed by atoms with van der Waals surface area (Å²) in [7, 11) is -3.63. The summed E-state index contributed by atoms with van der Waals surface area (Å²) in [4.78, 5) is 16.4. The van der Waals surface area contributed by atoms with Gasteiger partial charge in [-0.3, -0.25) is 4.79 Å². The van der Waals surface area contributed by atoms with Crippen molar-refractivity contribution in [3.8, 4) is 0 Å². The highest BCUT2D eigenvalue weighted by molar-refractivity contribution is 7.90. The van der Waals surface area contributed by atoms with Gasteiger partial charge in [-0.15, -0.1) is 4.40 Å². The van der Waals surface area contributed by atoms with Crippen LogP contribution in [0, 0.1) is 0 Å². The van der Waals surface area contributed by atoms with E-state index in [1.54, 1.807) is 47.4 Å². The third-order valence-electron chi connectivity index (χ3n) is 4.77. The molecule has 0 aromatic heterocycles. The maximum absolute atomic E-state index is 12.4. The van der Waals surface area contributed by atoms with Crippen molar-refractivity contribution in [2.24, 2.45) is 4.40 Å². The van der Waals surface area contributed by atoms with E-state index in [1.807, 2.05) is 17.0 Å². The number of carbonyl (C=O) groups is 1. The smallest absolute Gasteiger partial charge is 0.285 e. The van der Waals surface area contributed by atoms with Gasteiger partial charge in [0.2, 0.25) is 5.91 Å². The Balaban J connectivity index is 1.42. The van der Waals surface area contributed by atoms with Gasteiger partial charge in [0.25, 0.3) is 10.0 Å². The molecule has 2 aliphatic heterocycles. The van der Waals surface area contributed by atoms with Crippen molar-refractivity contribution in [1.82, 2.24) is 9.80 Å². The number of sulfonamides is 1. The molecule has 144 valence electrons. The minimum atomic E-state index is -3.63. The second kappa shape index (κ2) is 7.41. The largest absolute Gasteiger partial charge is 0.352 e. The molecule has 0 unspecified atom stereocenters. The molecule has 0 saturated carbocycles. The van der Waals surface area contributed by atoms with Crippen LogP contribution in [0.3, 0.4) is 0 Å². The number of amidine groups is 1. The van der Waals surface area contributed by atoms with E-state index in [0.29, 0.717) is 42.6 Å². The topological polar surface area (TPSA) is 70.1 Å². The van der Waals surface area contributed by atoms with Crippen LogP contribution in [-0.4, -0.2) is 56.1 Å². The van der Waals surface area contributed by atoms with Crippen LogP contribution < -0.4 is 0 Å². The summed E-state index contributed by atoms with van der Waals surface area (Å²) in [5.41, 5.74) is 1.49. The lowest BCUT2D eigenvalue weighted by atomic mass is 10.1. The summed E-state index contributed by atoms with van der Waals surface area (Å²) < 4.78 is 28.4. The number of carbonyl (C=O) groups excluding carboxylic acids is 1. The first kappa shape index (κ1) is 18.7. The lowest BCUT2D eigenvalue weighted by Gasteiger charge is -2.35. The molecule has 8 heteroatoms. The maximum atomic E-state index is 12.4. The number of halogens is 1. The Labute approximate surface area is 168 Å². The van der Waals surface area contributed by atoms with Crippen molar-refractivity contribution in [2.45, 2.75) is 4.90 Å². The second-order valence-electron chi connectivity index (χ2n) is 6.59. The van der Waals surface area contributed by atoms with Crippen molar-refractivity contribution >= 4 is 39.4 Å². The number of benzene rings is 2. The number of nitrogens with zero attached hydrogens (tertiary/aromatic N) is 3. The second-order valence-corrected chi connectivity index (χ2v) is 8.60. The van der Waals surface area contributed by atoms with E-state index in [9.17, 15) is 13.2 Å². The number of rotatable bonds is 2. The summed E-state index contributed by atoms with van der Waals surface area (Å²) in [6.45, 7) is 2.05. The molecular formula is C20H18ClN3O3S. The standard InChI is InChI=1S/C20H18ClN3O3S/c21-16-5-3-4-15(14-16)8-9-19(25)23-10-12-24(13-11-23)20-17-6-1-2-7-18(17)28(26,27)22-20/h1-9,14H,10-13H2/b9-8+. The lowest BCUT2D eigenvalue weighted by Crippen LogP contribution is -2.50. The Hall–Kier alpha value is -2.64. The van der Waals surface area contributed by atoms with E-state index in [4.69, 9.17) is 11.6 Å². The predicted octanol–water partition coefficient (Wildman–Crippen LogP) is 2.65. The van der Waals surface area contributed by atoms with Crippen molar-refractivity contribution in [1.29, 1.82) is 0 Å². The third kappa shape index (κ3) is 3.68. The van der Waals surface area contributed by atoms with Crippen LogP contribution in [0.5, 0.6) is 0 Å².